The summed E-state index contributed by atoms with van der Waals surface area (Å²) in [6.07, 6.45) is 2.37. The minimum Gasteiger partial charge on any atom is -0.460 e. The number of hydrogen-bond donors (Lipinski definition) is 1. The number of carbonyl (C=O) groups excluding carboxylic acids is 1. The predicted molar refractivity (Wildman–Crippen MR) is 62.0 cm³/mol. The molecule has 0 spiro atoms. The maximum Gasteiger partial charge on any atom is 0.320 e. The number of aryl methyl sites for hydroxylation is 1. The highest BCUT2D eigenvalue weighted by Crippen LogP contribution is 2.18. The molecule has 1 fully saturated rings. The summed E-state index contributed by atoms with van der Waals surface area (Å²) in [6, 6.07) is 8.55. The Hall–Kier alpha value is -1.35. The van der Waals surface area contributed by atoms with Gasteiger partial charge in [-0.1, -0.05) is 29.8 Å². The van der Waals surface area contributed by atoms with Crippen LogP contribution in [0, 0.1) is 6.92 Å². The van der Waals surface area contributed by atoms with Gasteiger partial charge in [-0.25, -0.2) is 0 Å². The zero-order valence-electron chi connectivity index (χ0n) is 9.53. The Morgan fingerprint density at radius 3 is 2.69 bits per heavy atom. The van der Waals surface area contributed by atoms with Crippen LogP contribution in [0.4, 0.5) is 0 Å². The Bertz CT molecular complexity index is 355. The van der Waals surface area contributed by atoms with Crippen LogP contribution in [0.1, 0.15) is 24.0 Å². The fourth-order valence-corrected chi connectivity index (χ4v) is 1.41. The summed E-state index contributed by atoms with van der Waals surface area (Å²) in [5.74, 6) is -0.174. The van der Waals surface area contributed by atoms with Crippen molar-refractivity contribution in [1.29, 1.82) is 0 Å². The number of carbonyl (C=O) groups is 1. The molecule has 86 valence electrons. The van der Waals surface area contributed by atoms with Crippen molar-refractivity contribution >= 4 is 5.97 Å². The van der Waals surface area contributed by atoms with Crippen LogP contribution >= 0.6 is 0 Å². The molecule has 3 heteroatoms. The van der Waals surface area contributed by atoms with Crippen molar-refractivity contribution in [2.75, 3.05) is 6.54 Å². The molecule has 0 unspecified atom stereocenters. The predicted octanol–water partition coefficient (Wildman–Crippen LogP) is 1.79. The molecule has 0 radical (unpaired) electrons. The van der Waals surface area contributed by atoms with Gasteiger partial charge in [0, 0.05) is 6.04 Å². The maximum absolute atomic E-state index is 11.3. The molecule has 0 amide bonds. The van der Waals surface area contributed by atoms with Gasteiger partial charge in [0.05, 0.1) is 6.54 Å². The first-order valence-corrected chi connectivity index (χ1v) is 5.68. The van der Waals surface area contributed by atoms with Gasteiger partial charge in [-0.05, 0) is 25.3 Å². The fourth-order valence-electron chi connectivity index (χ4n) is 1.41. The lowest BCUT2D eigenvalue weighted by molar-refractivity contribution is -0.143. The third-order valence-corrected chi connectivity index (χ3v) is 2.63. The van der Waals surface area contributed by atoms with Crippen molar-refractivity contribution in [2.45, 2.75) is 32.4 Å². The van der Waals surface area contributed by atoms with E-state index in [1.165, 1.54) is 18.4 Å². The van der Waals surface area contributed by atoms with Crippen molar-refractivity contribution in [2.24, 2.45) is 0 Å². The van der Waals surface area contributed by atoms with E-state index in [0.29, 0.717) is 19.2 Å². The first-order valence-electron chi connectivity index (χ1n) is 5.68. The van der Waals surface area contributed by atoms with Crippen LogP contribution in [0.3, 0.4) is 0 Å². The van der Waals surface area contributed by atoms with E-state index >= 15 is 0 Å². The summed E-state index contributed by atoms with van der Waals surface area (Å²) in [5.41, 5.74) is 2.25. The monoisotopic (exact) mass is 219 g/mol. The van der Waals surface area contributed by atoms with Crippen LogP contribution in [0.5, 0.6) is 0 Å². The minimum atomic E-state index is -0.174. The average molecular weight is 219 g/mol. The van der Waals surface area contributed by atoms with Crippen molar-refractivity contribution in [3.05, 3.63) is 35.4 Å². The highest BCUT2D eigenvalue weighted by Gasteiger charge is 2.21. The average Bonchev–Trinajstić information content (AvgIpc) is 3.09. The standard InChI is InChI=1S/C13H17NO2/c1-10-2-4-11(5-3-10)9-16-13(15)8-14-12-6-7-12/h2-5,12,14H,6-9H2,1H3. The van der Waals surface area contributed by atoms with E-state index in [1.54, 1.807) is 0 Å². The third kappa shape index (κ3) is 3.66. The minimum absolute atomic E-state index is 0.174. The largest absolute Gasteiger partial charge is 0.460 e. The highest BCUT2D eigenvalue weighted by atomic mass is 16.5. The highest BCUT2D eigenvalue weighted by molar-refractivity contribution is 5.71. The van der Waals surface area contributed by atoms with Crippen LogP contribution in [-0.2, 0) is 16.1 Å². The summed E-state index contributed by atoms with van der Waals surface area (Å²) in [6.45, 7) is 2.73. The second kappa shape index (κ2) is 5.12. The SMILES string of the molecule is Cc1ccc(COC(=O)CNC2CC2)cc1. The summed E-state index contributed by atoms with van der Waals surface area (Å²) in [4.78, 5) is 11.3. The van der Waals surface area contributed by atoms with Crippen molar-refractivity contribution < 1.29 is 9.53 Å². The van der Waals surface area contributed by atoms with Gasteiger partial charge in [-0.3, -0.25) is 4.79 Å². The van der Waals surface area contributed by atoms with E-state index in [9.17, 15) is 4.79 Å². The molecule has 2 rings (SSSR count). The number of nitrogens with one attached hydrogen (secondary N) is 1. The number of rotatable bonds is 5. The topological polar surface area (TPSA) is 38.3 Å². The molecule has 3 nitrogen and oxygen atoms in total. The van der Waals surface area contributed by atoms with E-state index in [0.717, 1.165) is 5.56 Å². The second-order valence-corrected chi connectivity index (χ2v) is 4.30. The molecular weight excluding hydrogens is 202 g/mol. The van der Waals surface area contributed by atoms with Crippen LogP contribution in [-0.4, -0.2) is 18.6 Å². The van der Waals surface area contributed by atoms with Crippen LogP contribution in [0.15, 0.2) is 24.3 Å². The van der Waals surface area contributed by atoms with E-state index in [-0.39, 0.29) is 5.97 Å². The van der Waals surface area contributed by atoms with Crippen molar-refractivity contribution in [3.8, 4) is 0 Å². The zero-order chi connectivity index (χ0) is 11.4. The molecule has 0 saturated heterocycles. The van der Waals surface area contributed by atoms with Crippen LogP contribution < -0.4 is 5.32 Å². The molecular formula is C13H17NO2. The van der Waals surface area contributed by atoms with Crippen molar-refractivity contribution in [3.63, 3.8) is 0 Å². The lowest BCUT2D eigenvalue weighted by Crippen LogP contribution is -2.26. The van der Waals surface area contributed by atoms with Gasteiger partial charge in [0.15, 0.2) is 0 Å². The van der Waals surface area contributed by atoms with Gasteiger partial charge >= 0.3 is 5.97 Å². The molecule has 1 aliphatic rings. The molecule has 0 bridgehead atoms. The lowest BCUT2D eigenvalue weighted by atomic mass is 10.2. The van der Waals surface area contributed by atoms with Crippen molar-refractivity contribution in [1.82, 2.24) is 5.32 Å². The Kier molecular flexibility index (Phi) is 3.57. The van der Waals surface area contributed by atoms with Crippen LogP contribution in [0.2, 0.25) is 0 Å². The molecule has 1 N–H and O–H groups in total. The lowest BCUT2D eigenvalue weighted by Gasteiger charge is -2.05. The molecule has 0 aromatic heterocycles. The molecule has 16 heavy (non-hydrogen) atoms. The van der Waals surface area contributed by atoms with Gasteiger partial charge in [0.25, 0.3) is 0 Å². The van der Waals surface area contributed by atoms with E-state index in [1.807, 2.05) is 31.2 Å². The smallest absolute Gasteiger partial charge is 0.320 e. The first-order chi connectivity index (χ1) is 7.74. The number of benzene rings is 1. The normalized spacial score (nSPS) is 14.8. The van der Waals surface area contributed by atoms with Gasteiger partial charge in [0.1, 0.15) is 6.61 Å². The Balaban J connectivity index is 1.69. The Morgan fingerprint density at radius 1 is 1.38 bits per heavy atom. The van der Waals surface area contributed by atoms with E-state index < -0.39 is 0 Å². The summed E-state index contributed by atoms with van der Waals surface area (Å²) < 4.78 is 5.14. The summed E-state index contributed by atoms with van der Waals surface area (Å²) in [5, 5.41) is 3.13. The molecule has 1 aromatic rings. The quantitative estimate of drug-likeness (QED) is 0.767. The molecule has 0 heterocycles. The molecule has 0 aliphatic heterocycles. The Labute approximate surface area is 95.8 Å². The van der Waals surface area contributed by atoms with Gasteiger partial charge < -0.3 is 10.1 Å². The second-order valence-electron chi connectivity index (χ2n) is 4.30. The number of esters is 1. The van der Waals surface area contributed by atoms with Gasteiger partial charge in [0.2, 0.25) is 0 Å². The zero-order valence-corrected chi connectivity index (χ0v) is 9.53. The maximum atomic E-state index is 11.3. The third-order valence-electron chi connectivity index (χ3n) is 2.63. The van der Waals surface area contributed by atoms with Gasteiger partial charge in [-0.15, -0.1) is 0 Å². The van der Waals surface area contributed by atoms with Gasteiger partial charge in [-0.2, -0.15) is 0 Å². The van der Waals surface area contributed by atoms with Crippen LogP contribution in [0.25, 0.3) is 0 Å². The fraction of sp³-hybridized carbons (Fsp3) is 0.462. The molecule has 0 atom stereocenters. The number of ether oxygens (including phenoxy) is 1. The van der Waals surface area contributed by atoms with E-state index in [2.05, 4.69) is 5.32 Å². The summed E-state index contributed by atoms with van der Waals surface area (Å²) in [7, 11) is 0. The Morgan fingerprint density at radius 2 is 2.06 bits per heavy atom. The summed E-state index contributed by atoms with van der Waals surface area (Å²) >= 11 is 0. The molecule has 1 aliphatic carbocycles. The number of hydrogen-bond acceptors (Lipinski definition) is 3. The molecule has 1 aromatic carbocycles. The first kappa shape index (κ1) is 11.1. The molecule has 1 saturated carbocycles. The van der Waals surface area contributed by atoms with E-state index in [4.69, 9.17) is 4.74 Å².